The lowest BCUT2D eigenvalue weighted by Crippen LogP contribution is -2.17. The lowest BCUT2D eigenvalue weighted by atomic mass is 10.2. The molecule has 0 aromatic carbocycles. The molecule has 0 saturated carbocycles. The summed E-state index contributed by atoms with van der Waals surface area (Å²) in [5, 5.41) is 0. The van der Waals surface area contributed by atoms with E-state index in [2.05, 4.69) is 4.74 Å². The van der Waals surface area contributed by atoms with Crippen molar-refractivity contribution in [1.29, 1.82) is 0 Å². The Kier molecular flexibility index (Phi) is 6.05. The van der Waals surface area contributed by atoms with E-state index in [1.807, 2.05) is 6.92 Å². The van der Waals surface area contributed by atoms with Crippen molar-refractivity contribution in [3.8, 4) is 0 Å². The van der Waals surface area contributed by atoms with Gasteiger partial charge in [-0.2, -0.15) is 0 Å². The fourth-order valence-electron chi connectivity index (χ4n) is 0.671. The Morgan fingerprint density at radius 2 is 2.25 bits per heavy atom. The van der Waals surface area contributed by atoms with Crippen LogP contribution in [-0.4, -0.2) is 18.7 Å². The summed E-state index contributed by atoms with van der Waals surface area (Å²) in [6, 6.07) is 0. The summed E-state index contributed by atoms with van der Waals surface area (Å²) in [5.41, 5.74) is 0. The molecule has 0 aliphatic rings. The van der Waals surface area contributed by atoms with Crippen molar-refractivity contribution in [1.82, 2.24) is 0 Å². The molecule has 0 aromatic heterocycles. The van der Waals surface area contributed by atoms with Crippen molar-refractivity contribution in [2.75, 3.05) is 0 Å². The highest BCUT2D eigenvalue weighted by atomic mass is 16.7. The van der Waals surface area contributed by atoms with Crippen molar-refractivity contribution in [3.63, 3.8) is 0 Å². The van der Waals surface area contributed by atoms with Gasteiger partial charge < -0.3 is 9.47 Å². The van der Waals surface area contributed by atoms with Gasteiger partial charge in [0.15, 0.2) is 0 Å². The van der Waals surface area contributed by atoms with Crippen molar-refractivity contribution in [2.24, 2.45) is 0 Å². The van der Waals surface area contributed by atoms with Crippen molar-refractivity contribution < 1.29 is 19.1 Å². The molecule has 0 aromatic rings. The van der Waals surface area contributed by atoms with Crippen LogP contribution in [0.4, 0.5) is 0 Å². The molecule has 4 nitrogen and oxygen atoms in total. The van der Waals surface area contributed by atoms with Gasteiger partial charge in [-0.15, -0.1) is 0 Å². The Bertz CT molecular complexity index is 144. The molecule has 4 heteroatoms. The number of carbonyl (C=O) groups excluding carboxylic acids is 2. The van der Waals surface area contributed by atoms with E-state index in [0.717, 1.165) is 12.8 Å². The molecule has 0 radical (unpaired) electrons. The van der Waals surface area contributed by atoms with Crippen LogP contribution in [0.25, 0.3) is 0 Å². The fraction of sp³-hybridized carbons (Fsp3) is 0.750. The lowest BCUT2D eigenvalue weighted by Gasteiger charge is -2.09. The summed E-state index contributed by atoms with van der Waals surface area (Å²) in [4.78, 5) is 20.7. The van der Waals surface area contributed by atoms with Crippen LogP contribution < -0.4 is 0 Å². The minimum absolute atomic E-state index is 0.262. The molecule has 0 heterocycles. The molecule has 0 aliphatic heterocycles. The molecular formula is C8H14O4. The summed E-state index contributed by atoms with van der Waals surface area (Å²) in [5.74, 6) is -0.328. The summed E-state index contributed by atoms with van der Waals surface area (Å²) in [6.45, 7) is 3.74. The quantitative estimate of drug-likeness (QED) is 0.345. The van der Waals surface area contributed by atoms with Gasteiger partial charge in [-0.3, -0.25) is 9.59 Å². The van der Waals surface area contributed by atoms with E-state index in [9.17, 15) is 9.59 Å². The second-order valence-corrected chi connectivity index (χ2v) is 2.39. The Morgan fingerprint density at radius 3 is 2.75 bits per heavy atom. The van der Waals surface area contributed by atoms with Gasteiger partial charge in [0.05, 0.1) is 0 Å². The monoisotopic (exact) mass is 174 g/mol. The zero-order chi connectivity index (χ0) is 9.40. The standard InChI is InChI=1S/C8H14O4/c1-3-4-5-8(10)12-7(2)11-6-9/h6-7H,3-5H2,1-2H3. The van der Waals surface area contributed by atoms with Crippen LogP contribution in [0.3, 0.4) is 0 Å². The molecule has 0 fully saturated rings. The third-order valence-corrected chi connectivity index (χ3v) is 1.28. The first-order chi connectivity index (χ1) is 5.70. The number of hydrogen-bond donors (Lipinski definition) is 0. The lowest BCUT2D eigenvalue weighted by molar-refractivity contribution is -0.176. The van der Waals surface area contributed by atoms with Gasteiger partial charge >= 0.3 is 5.97 Å². The number of carbonyl (C=O) groups is 2. The smallest absolute Gasteiger partial charge is 0.308 e. The summed E-state index contributed by atoms with van der Waals surface area (Å²) >= 11 is 0. The van der Waals surface area contributed by atoms with Crippen LogP contribution in [0.1, 0.15) is 33.1 Å². The highest BCUT2D eigenvalue weighted by molar-refractivity contribution is 5.69. The van der Waals surface area contributed by atoms with Gasteiger partial charge in [0, 0.05) is 13.3 Å². The summed E-state index contributed by atoms with van der Waals surface area (Å²) in [7, 11) is 0. The minimum Gasteiger partial charge on any atom is -0.428 e. The van der Waals surface area contributed by atoms with Crippen molar-refractivity contribution in [2.45, 2.75) is 39.4 Å². The maximum absolute atomic E-state index is 10.9. The molecule has 70 valence electrons. The predicted octanol–water partition coefficient (Wildman–Crippen LogP) is 1.24. The second-order valence-electron chi connectivity index (χ2n) is 2.39. The van der Waals surface area contributed by atoms with E-state index < -0.39 is 6.29 Å². The molecule has 0 amide bonds. The third-order valence-electron chi connectivity index (χ3n) is 1.28. The fourth-order valence-corrected chi connectivity index (χ4v) is 0.671. The number of hydrogen-bond acceptors (Lipinski definition) is 4. The van der Waals surface area contributed by atoms with Crippen LogP contribution in [-0.2, 0) is 19.1 Å². The van der Waals surface area contributed by atoms with Crippen LogP contribution in [0.5, 0.6) is 0 Å². The van der Waals surface area contributed by atoms with Crippen LogP contribution in [0.2, 0.25) is 0 Å². The van der Waals surface area contributed by atoms with E-state index in [1.54, 1.807) is 0 Å². The minimum atomic E-state index is -0.771. The Morgan fingerprint density at radius 1 is 1.58 bits per heavy atom. The maximum Gasteiger partial charge on any atom is 0.308 e. The number of unbranched alkanes of at least 4 members (excludes halogenated alkanes) is 1. The normalized spacial score (nSPS) is 11.8. The SMILES string of the molecule is CCCCC(=O)OC(C)OC=O. The molecule has 0 spiro atoms. The largest absolute Gasteiger partial charge is 0.428 e. The molecule has 1 atom stereocenters. The summed E-state index contributed by atoms with van der Waals surface area (Å²) < 4.78 is 9.07. The van der Waals surface area contributed by atoms with Crippen molar-refractivity contribution in [3.05, 3.63) is 0 Å². The van der Waals surface area contributed by atoms with Crippen LogP contribution in [0.15, 0.2) is 0 Å². The molecule has 1 unspecified atom stereocenters. The van der Waals surface area contributed by atoms with Crippen LogP contribution in [0, 0.1) is 0 Å². The maximum atomic E-state index is 10.9. The van der Waals surface area contributed by atoms with E-state index in [4.69, 9.17) is 4.74 Å². The molecular weight excluding hydrogens is 160 g/mol. The predicted molar refractivity (Wildman–Crippen MR) is 42.2 cm³/mol. The first-order valence-electron chi connectivity index (χ1n) is 3.99. The number of esters is 1. The number of rotatable bonds is 6. The van der Waals surface area contributed by atoms with E-state index in [1.165, 1.54) is 6.92 Å². The highest BCUT2D eigenvalue weighted by Crippen LogP contribution is 1.99. The summed E-state index contributed by atoms with van der Waals surface area (Å²) in [6.07, 6.45) is 1.35. The Balaban J connectivity index is 3.46. The zero-order valence-corrected chi connectivity index (χ0v) is 7.41. The Hall–Kier alpha value is -1.06. The second kappa shape index (κ2) is 6.64. The third kappa shape index (κ3) is 5.70. The Labute approximate surface area is 71.8 Å². The van der Waals surface area contributed by atoms with Gasteiger partial charge in [0.1, 0.15) is 0 Å². The van der Waals surface area contributed by atoms with Gasteiger partial charge in [-0.1, -0.05) is 13.3 Å². The van der Waals surface area contributed by atoms with E-state index >= 15 is 0 Å². The average Bonchev–Trinajstić information content (AvgIpc) is 2.01. The zero-order valence-electron chi connectivity index (χ0n) is 7.41. The average molecular weight is 174 g/mol. The number of ether oxygens (including phenoxy) is 2. The molecule has 0 aliphatic carbocycles. The molecule has 0 rings (SSSR count). The first-order valence-corrected chi connectivity index (χ1v) is 3.99. The van der Waals surface area contributed by atoms with Gasteiger partial charge in [-0.05, 0) is 6.42 Å². The first kappa shape index (κ1) is 10.9. The van der Waals surface area contributed by atoms with Gasteiger partial charge in [-0.25, -0.2) is 0 Å². The highest BCUT2D eigenvalue weighted by Gasteiger charge is 2.07. The van der Waals surface area contributed by atoms with E-state index in [-0.39, 0.29) is 12.4 Å². The molecule has 12 heavy (non-hydrogen) atoms. The molecule has 0 N–H and O–H groups in total. The van der Waals surface area contributed by atoms with Gasteiger partial charge in [0.25, 0.3) is 6.47 Å². The van der Waals surface area contributed by atoms with Crippen molar-refractivity contribution >= 4 is 12.4 Å². The van der Waals surface area contributed by atoms with E-state index in [0.29, 0.717) is 6.42 Å². The molecule has 0 saturated heterocycles. The van der Waals surface area contributed by atoms with Crippen LogP contribution >= 0.6 is 0 Å². The van der Waals surface area contributed by atoms with Gasteiger partial charge in [0.2, 0.25) is 6.29 Å². The molecule has 0 bridgehead atoms. The topological polar surface area (TPSA) is 52.6 Å².